The highest BCUT2D eigenvalue weighted by Crippen LogP contribution is 2.55. The van der Waals surface area contributed by atoms with Gasteiger partial charge in [-0.3, -0.25) is 9.59 Å². The SMILES string of the molecule is CC(=O)C1CC12CC(=O)O2. The summed E-state index contributed by atoms with van der Waals surface area (Å²) in [5.74, 6) is 0.00134. The number of ketones is 1. The van der Waals surface area contributed by atoms with Crippen molar-refractivity contribution in [2.75, 3.05) is 0 Å². The lowest BCUT2D eigenvalue weighted by molar-refractivity contribution is -0.176. The number of rotatable bonds is 1. The fraction of sp³-hybridized carbons (Fsp3) is 0.714. The highest BCUT2D eigenvalue weighted by Gasteiger charge is 2.67. The molecule has 1 saturated carbocycles. The molecule has 1 heterocycles. The molecule has 54 valence electrons. The number of Topliss-reactive ketones (excluding diaryl/α,β-unsaturated/α-hetero) is 1. The van der Waals surface area contributed by atoms with Crippen molar-refractivity contribution >= 4 is 11.8 Å². The molecule has 0 aromatic rings. The predicted octanol–water partition coefficient (Wildman–Crippen LogP) is 0.281. The van der Waals surface area contributed by atoms with Gasteiger partial charge in [0.2, 0.25) is 0 Å². The summed E-state index contributed by atoms with van der Waals surface area (Å²) in [5.41, 5.74) is -0.317. The highest BCUT2D eigenvalue weighted by atomic mass is 16.6. The summed E-state index contributed by atoms with van der Waals surface area (Å²) in [5, 5.41) is 0. The Morgan fingerprint density at radius 3 is 2.70 bits per heavy atom. The molecule has 2 unspecified atom stereocenters. The van der Waals surface area contributed by atoms with E-state index in [4.69, 9.17) is 4.74 Å². The van der Waals surface area contributed by atoms with Gasteiger partial charge < -0.3 is 4.74 Å². The molecule has 2 aliphatic rings. The molecule has 0 N–H and O–H groups in total. The Kier molecular flexibility index (Phi) is 0.832. The second-order valence-corrected chi connectivity index (χ2v) is 3.08. The van der Waals surface area contributed by atoms with Crippen LogP contribution >= 0.6 is 0 Å². The fourth-order valence-corrected chi connectivity index (χ4v) is 1.57. The second-order valence-electron chi connectivity index (χ2n) is 3.08. The number of hydrogen-bond acceptors (Lipinski definition) is 3. The third kappa shape index (κ3) is 0.549. The molecular weight excluding hydrogens is 132 g/mol. The van der Waals surface area contributed by atoms with Crippen LogP contribution in [0.2, 0.25) is 0 Å². The Bertz CT molecular complexity index is 211. The summed E-state index contributed by atoms with van der Waals surface area (Å²) in [6.07, 6.45) is 1.21. The molecule has 10 heavy (non-hydrogen) atoms. The minimum absolute atomic E-state index is 0.0187. The molecule has 0 aromatic carbocycles. The van der Waals surface area contributed by atoms with Crippen LogP contribution in [-0.4, -0.2) is 17.4 Å². The lowest BCUT2D eigenvalue weighted by Gasteiger charge is -2.26. The number of esters is 1. The van der Waals surface area contributed by atoms with Crippen LogP contribution in [0.25, 0.3) is 0 Å². The van der Waals surface area contributed by atoms with Crippen LogP contribution in [-0.2, 0) is 14.3 Å². The maximum absolute atomic E-state index is 10.7. The maximum Gasteiger partial charge on any atom is 0.310 e. The van der Waals surface area contributed by atoms with Gasteiger partial charge in [0, 0.05) is 6.42 Å². The first kappa shape index (κ1) is 5.89. The molecule has 1 saturated heterocycles. The van der Waals surface area contributed by atoms with E-state index in [0.29, 0.717) is 6.42 Å². The van der Waals surface area contributed by atoms with Crippen LogP contribution in [0.3, 0.4) is 0 Å². The van der Waals surface area contributed by atoms with Gasteiger partial charge in [0.25, 0.3) is 0 Å². The second kappa shape index (κ2) is 1.41. The van der Waals surface area contributed by atoms with E-state index >= 15 is 0 Å². The Balaban J connectivity index is 2.01. The van der Waals surface area contributed by atoms with Gasteiger partial charge in [-0.1, -0.05) is 0 Å². The molecule has 0 amide bonds. The van der Waals surface area contributed by atoms with Crippen LogP contribution in [0.4, 0.5) is 0 Å². The average Bonchev–Trinajstić information content (AvgIpc) is 2.40. The van der Waals surface area contributed by atoms with Crippen LogP contribution in [0.1, 0.15) is 19.8 Å². The summed E-state index contributed by atoms with van der Waals surface area (Å²) in [7, 11) is 0. The Labute approximate surface area is 58.4 Å². The van der Waals surface area contributed by atoms with Crippen molar-refractivity contribution in [1.29, 1.82) is 0 Å². The first-order valence-electron chi connectivity index (χ1n) is 3.36. The smallest absolute Gasteiger partial charge is 0.310 e. The average molecular weight is 140 g/mol. The first-order valence-corrected chi connectivity index (χ1v) is 3.36. The Hall–Kier alpha value is -0.860. The summed E-state index contributed by atoms with van der Waals surface area (Å²) in [6.45, 7) is 1.55. The van der Waals surface area contributed by atoms with Crippen molar-refractivity contribution in [3.63, 3.8) is 0 Å². The molecule has 0 bridgehead atoms. The van der Waals surface area contributed by atoms with Gasteiger partial charge >= 0.3 is 5.97 Å². The van der Waals surface area contributed by atoms with E-state index < -0.39 is 0 Å². The van der Waals surface area contributed by atoms with E-state index in [1.807, 2.05) is 0 Å². The van der Waals surface area contributed by atoms with E-state index in [9.17, 15) is 9.59 Å². The predicted molar refractivity (Wildman–Crippen MR) is 32.2 cm³/mol. The van der Waals surface area contributed by atoms with Crippen molar-refractivity contribution in [1.82, 2.24) is 0 Å². The van der Waals surface area contributed by atoms with Crippen LogP contribution in [0, 0.1) is 5.92 Å². The molecule has 1 spiro atoms. The normalized spacial score (nSPS) is 42.5. The molecule has 3 nitrogen and oxygen atoms in total. The van der Waals surface area contributed by atoms with Gasteiger partial charge in [-0.2, -0.15) is 0 Å². The highest BCUT2D eigenvalue weighted by molar-refractivity contribution is 5.89. The van der Waals surface area contributed by atoms with Crippen LogP contribution in [0.5, 0.6) is 0 Å². The van der Waals surface area contributed by atoms with Gasteiger partial charge in [0.15, 0.2) is 0 Å². The molecule has 1 aliphatic heterocycles. The molecule has 2 fully saturated rings. The fourth-order valence-electron chi connectivity index (χ4n) is 1.57. The van der Waals surface area contributed by atoms with E-state index in [1.54, 1.807) is 6.92 Å². The lowest BCUT2D eigenvalue weighted by atomic mass is 10.1. The van der Waals surface area contributed by atoms with E-state index in [0.717, 1.165) is 6.42 Å². The van der Waals surface area contributed by atoms with Crippen molar-refractivity contribution < 1.29 is 14.3 Å². The molecule has 3 heteroatoms. The molecule has 0 radical (unpaired) electrons. The number of hydrogen-bond donors (Lipinski definition) is 0. The largest absolute Gasteiger partial charge is 0.458 e. The van der Waals surface area contributed by atoms with Gasteiger partial charge in [0.1, 0.15) is 11.4 Å². The lowest BCUT2D eigenvalue weighted by Crippen LogP contribution is -2.37. The summed E-state index contributed by atoms with van der Waals surface area (Å²) in [6, 6.07) is 0. The van der Waals surface area contributed by atoms with Crippen molar-refractivity contribution in [3.8, 4) is 0 Å². The minimum Gasteiger partial charge on any atom is -0.458 e. The first-order chi connectivity index (χ1) is 4.64. The van der Waals surface area contributed by atoms with Crippen molar-refractivity contribution in [3.05, 3.63) is 0 Å². The molecule has 2 rings (SSSR count). The molecular formula is C7H8O3. The zero-order valence-electron chi connectivity index (χ0n) is 5.72. The monoisotopic (exact) mass is 140 g/mol. The van der Waals surface area contributed by atoms with E-state index in [1.165, 1.54) is 0 Å². The number of ether oxygens (including phenoxy) is 1. The van der Waals surface area contributed by atoms with Gasteiger partial charge in [-0.05, 0) is 6.92 Å². The summed E-state index contributed by atoms with van der Waals surface area (Å²) < 4.78 is 4.85. The molecule has 2 atom stereocenters. The third-order valence-corrected chi connectivity index (χ3v) is 2.28. The van der Waals surface area contributed by atoms with Crippen molar-refractivity contribution in [2.45, 2.75) is 25.4 Å². The summed E-state index contributed by atoms with van der Waals surface area (Å²) >= 11 is 0. The van der Waals surface area contributed by atoms with Gasteiger partial charge in [0.05, 0.1) is 12.3 Å². The third-order valence-electron chi connectivity index (χ3n) is 2.28. The molecule has 1 aliphatic carbocycles. The standard InChI is InChI=1S/C7H8O3/c1-4(8)5-2-7(5)3-6(9)10-7/h5H,2-3H2,1H3. The quantitative estimate of drug-likeness (QED) is 0.491. The van der Waals surface area contributed by atoms with E-state index in [-0.39, 0.29) is 23.3 Å². The Morgan fingerprint density at radius 1 is 1.80 bits per heavy atom. The topological polar surface area (TPSA) is 43.4 Å². The van der Waals surface area contributed by atoms with E-state index in [2.05, 4.69) is 0 Å². The zero-order chi connectivity index (χ0) is 7.35. The van der Waals surface area contributed by atoms with Crippen molar-refractivity contribution in [2.24, 2.45) is 5.92 Å². The van der Waals surface area contributed by atoms with Crippen LogP contribution in [0.15, 0.2) is 0 Å². The van der Waals surface area contributed by atoms with Gasteiger partial charge in [-0.25, -0.2) is 0 Å². The minimum atomic E-state index is -0.317. The van der Waals surface area contributed by atoms with Crippen LogP contribution < -0.4 is 0 Å². The summed E-state index contributed by atoms with van der Waals surface area (Å²) in [4.78, 5) is 21.1. The maximum atomic E-state index is 10.7. The van der Waals surface area contributed by atoms with Gasteiger partial charge in [-0.15, -0.1) is 0 Å². The number of carbonyl (C=O) groups excluding carboxylic acids is 2. The zero-order valence-corrected chi connectivity index (χ0v) is 5.72. The molecule has 0 aromatic heterocycles. The Morgan fingerprint density at radius 2 is 2.40 bits per heavy atom. The number of carbonyl (C=O) groups is 2.